The molecule has 0 radical (unpaired) electrons. The molecule has 6 nitrogen and oxygen atoms in total. The fourth-order valence-corrected chi connectivity index (χ4v) is 11.3. The molecule has 1 amide bonds. The number of hydrogen-bond donors (Lipinski definition) is 3. The molecule has 0 heterocycles. The van der Waals surface area contributed by atoms with E-state index in [1.807, 2.05) is 6.08 Å². The lowest BCUT2D eigenvalue weighted by molar-refractivity contribution is -0.143. The number of amides is 1. The smallest absolute Gasteiger partial charge is 0.305 e. The first-order chi connectivity index (χ1) is 39.5. The quantitative estimate of drug-likeness (QED) is 0.0320. The number of ether oxygens (including phenoxy) is 1. The summed E-state index contributed by atoms with van der Waals surface area (Å²) in [6.07, 6.45) is 89.5. The molecular weight excluding hydrogens is 983 g/mol. The van der Waals surface area contributed by atoms with Crippen LogP contribution in [0.15, 0.2) is 36.5 Å². The maximum absolute atomic E-state index is 12.5. The van der Waals surface area contributed by atoms with Crippen LogP contribution in [0, 0.1) is 0 Å². The summed E-state index contributed by atoms with van der Waals surface area (Å²) in [7, 11) is 0. The fourth-order valence-electron chi connectivity index (χ4n) is 11.3. The Kier molecular flexibility index (Phi) is 67.9. The fraction of sp³-hybridized carbons (Fsp3) is 0.892. The third-order valence-corrected chi connectivity index (χ3v) is 16.9. The largest absolute Gasteiger partial charge is 0.466 e. The van der Waals surface area contributed by atoms with Gasteiger partial charge in [0.25, 0.3) is 0 Å². The van der Waals surface area contributed by atoms with Crippen LogP contribution in [-0.2, 0) is 14.3 Å². The number of esters is 1. The van der Waals surface area contributed by atoms with Crippen LogP contribution in [-0.4, -0.2) is 47.4 Å². The predicted molar refractivity (Wildman–Crippen MR) is 352 cm³/mol. The lowest BCUT2D eigenvalue weighted by Crippen LogP contribution is -2.45. The zero-order chi connectivity index (χ0) is 57.8. The third-order valence-electron chi connectivity index (χ3n) is 16.9. The van der Waals surface area contributed by atoms with Crippen molar-refractivity contribution in [1.29, 1.82) is 0 Å². The van der Waals surface area contributed by atoms with E-state index in [1.54, 1.807) is 6.08 Å². The maximum Gasteiger partial charge on any atom is 0.305 e. The van der Waals surface area contributed by atoms with Gasteiger partial charge < -0.3 is 20.3 Å². The number of unbranched alkanes of at least 4 members (excludes halogenated alkanes) is 53. The van der Waals surface area contributed by atoms with Crippen molar-refractivity contribution in [3.05, 3.63) is 36.5 Å². The van der Waals surface area contributed by atoms with Gasteiger partial charge in [-0.1, -0.05) is 339 Å². The van der Waals surface area contributed by atoms with Gasteiger partial charge in [-0.2, -0.15) is 0 Å². The molecule has 0 rings (SSSR count). The van der Waals surface area contributed by atoms with Gasteiger partial charge in [-0.25, -0.2) is 0 Å². The Balaban J connectivity index is 3.42. The first-order valence-electron chi connectivity index (χ1n) is 36.3. The molecule has 0 aliphatic heterocycles. The zero-order valence-electron chi connectivity index (χ0n) is 54.1. The minimum atomic E-state index is -0.847. The number of allylic oxidation sites excluding steroid dienone is 5. The van der Waals surface area contributed by atoms with Gasteiger partial charge in [-0.15, -0.1) is 0 Å². The molecule has 0 bridgehead atoms. The van der Waals surface area contributed by atoms with E-state index in [2.05, 4.69) is 43.5 Å². The number of nitrogens with one attached hydrogen (secondary N) is 1. The summed E-state index contributed by atoms with van der Waals surface area (Å²) in [6, 6.07) is -0.630. The molecule has 0 aliphatic rings. The molecule has 0 aliphatic carbocycles. The average Bonchev–Trinajstić information content (AvgIpc) is 3.46. The molecule has 0 saturated heterocycles. The first-order valence-corrected chi connectivity index (χ1v) is 36.3. The minimum Gasteiger partial charge on any atom is -0.466 e. The number of hydrogen-bond acceptors (Lipinski definition) is 5. The molecule has 0 spiro atoms. The number of aliphatic hydroxyl groups excluding tert-OH is 2. The van der Waals surface area contributed by atoms with Crippen LogP contribution in [0.4, 0.5) is 0 Å². The second kappa shape index (κ2) is 69.6. The van der Waals surface area contributed by atoms with Gasteiger partial charge >= 0.3 is 5.97 Å². The molecule has 0 saturated carbocycles. The lowest BCUT2D eigenvalue weighted by Gasteiger charge is -2.20. The summed E-state index contributed by atoms with van der Waals surface area (Å²) < 4.78 is 5.47. The molecule has 0 aromatic heterocycles. The minimum absolute atomic E-state index is 0.00505. The highest BCUT2D eigenvalue weighted by Gasteiger charge is 2.18. The van der Waals surface area contributed by atoms with Gasteiger partial charge in [0.05, 0.1) is 25.4 Å². The van der Waals surface area contributed by atoms with E-state index in [9.17, 15) is 19.8 Å². The van der Waals surface area contributed by atoms with Crippen molar-refractivity contribution in [1.82, 2.24) is 5.32 Å². The molecule has 6 heteroatoms. The Bertz CT molecular complexity index is 1300. The average molecular weight is 1120 g/mol. The van der Waals surface area contributed by atoms with Crippen LogP contribution in [0.25, 0.3) is 0 Å². The van der Waals surface area contributed by atoms with E-state index in [-0.39, 0.29) is 18.5 Å². The van der Waals surface area contributed by atoms with Gasteiger partial charge in [0.2, 0.25) is 5.91 Å². The highest BCUT2D eigenvalue weighted by Crippen LogP contribution is 2.19. The van der Waals surface area contributed by atoms with Crippen molar-refractivity contribution in [2.24, 2.45) is 0 Å². The predicted octanol–water partition coefficient (Wildman–Crippen LogP) is 23.5. The van der Waals surface area contributed by atoms with E-state index in [0.717, 1.165) is 44.9 Å². The standard InChI is InChI=1S/C74H141NO5/c1-3-5-7-9-11-13-15-17-18-19-20-21-22-28-31-34-37-40-43-46-50-54-58-62-66-72(77)71(70-76)75-73(78)67-63-59-55-51-47-44-41-38-35-32-29-26-24-23-25-27-30-33-36-39-42-45-49-53-57-61-65-69-80-74(79)68-64-60-56-52-48-16-14-12-10-8-6-4-2/h12,14,23-24,62,66,71-72,76-77H,3-11,13,15-22,25-61,63-65,67-70H2,1-2H3,(H,75,78)/b14-12-,24-23-,66-62+. The summed E-state index contributed by atoms with van der Waals surface area (Å²) in [6.45, 7) is 4.91. The number of carbonyl (C=O) groups excluding carboxylic acids is 2. The van der Waals surface area contributed by atoms with Crippen LogP contribution < -0.4 is 5.32 Å². The van der Waals surface area contributed by atoms with Crippen molar-refractivity contribution in [2.45, 2.75) is 411 Å². The van der Waals surface area contributed by atoms with Crippen molar-refractivity contribution >= 4 is 11.9 Å². The summed E-state index contributed by atoms with van der Waals surface area (Å²) in [5.41, 5.74) is 0. The summed E-state index contributed by atoms with van der Waals surface area (Å²) in [5, 5.41) is 23.3. The lowest BCUT2D eigenvalue weighted by atomic mass is 10.0. The van der Waals surface area contributed by atoms with Crippen LogP contribution >= 0.6 is 0 Å². The Labute approximate surface area is 500 Å². The number of carbonyl (C=O) groups is 2. The topological polar surface area (TPSA) is 95.9 Å². The van der Waals surface area contributed by atoms with E-state index in [0.29, 0.717) is 19.4 Å². The Morgan fingerprint density at radius 2 is 0.588 bits per heavy atom. The molecule has 0 aromatic rings. The van der Waals surface area contributed by atoms with Crippen LogP contribution in [0.1, 0.15) is 399 Å². The molecule has 2 atom stereocenters. The Morgan fingerprint density at radius 1 is 0.338 bits per heavy atom. The SMILES string of the molecule is CCCCC/C=C\CCCCCCCC(=O)OCCCCCCCCCCCCCC/C=C\CCCCCCCCCCCCCC(=O)NC(CO)C(O)/C=C/CCCCCCCCCCCCCCCCCCCCCCCC. The van der Waals surface area contributed by atoms with Gasteiger partial charge in [-0.3, -0.25) is 9.59 Å². The zero-order valence-corrected chi connectivity index (χ0v) is 54.1. The van der Waals surface area contributed by atoms with E-state index in [4.69, 9.17) is 4.74 Å². The first kappa shape index (κ1) is 78.1. The van der Waals surface area contributed by atoms with Crippen molar-refractivity contribution < 1.29 is 24.5 Å². The monoisotopic (exact) mass is 1120 g/mol. The summed E-state index contributed by atoms with van der Waals surface area (Å²) in [5.74, 6) is -0.0596. The second-order valence-electron chi connectivity index (χ2n) is 24.9. The summed E-state index contributed by atoms with van der Waals surface area (Å²) in [4.78, 5) is 24.6. The van der Waals surface area contributed by atoms with E-state index < -0.39 is 12.1 Å². The van der Waals surface area contributed by atoms with Crippen LogP contribution in [0.2, 0.25) is 0 Å². The normalized spacial score (nSPS) is 12.7. The summed E-state index contributed by atoms with van der Waals surface area (Å²) >= 11 is 0. The molecular formula is C74H141NO5. The molecule has 0 aromatic carbocycles. The highest BCUT2D eigenvalue weighted by atomic mass is 16.5. The Morgan fingerprint density at radius 3 is 0.912 bits per heavy atom. The van der Waals surface area contributed by atoms with Gasteiger partial charge in [0, 0.05) is 12.8 Å². The molecule has 2 unspecified atom stereocenters. The van der Waals surface area contributed by atoms with Crippen molar-refractivity contribution in [3.8, 4) is 0 Å². The van der Waals surface area contributed by atoms with E-state index in [1.165, 1.54) is 327 Å². The number of aliphatic hydroxyl groups is 2. The van der Waals surface area contributed by atoms with Crippen molar-refractivity contribution in [3.63, 3.8) is 0 Å². The molecule has 472 valence electrons. The number of rotatable bonds is 68. The van der Waals surface area contributed by atoms with E-state index >= 15 is 0 Å². The third kappa shape index (κ3) is 65.2. The molecule has 80 heavy (non-hydrogen) atoms. The molecule has 3 N–H and O–H groups in total. The Hall–Kier alpha value is -1.92. The van der Waals surface area contributed by atoms with Crippen LogP contribution in [0.3, 0.4) is 0 Å². The molecule has 0 fully saturated rings. The van der Waals surface area contributed by atoms with Gasteiger partial charge in [0.1, 0.15) is 0 Å². The second-order valence-corrected chi connectivity index (χ2v) is 24.9. The van der Waals surface area contributed by atoms with Crippen LogP contribution in [0.5, 0.6) is 0 Å². The van der Waals surface area contributed by atoms with Crippen molar-refractivity contribution in [2.75, 3.05) is 13.2 Å². The highest BCUT2D eigenvalue weighted by molar-refractivity contribution is 5.76. The maximum atomic E-state index is 12.5. The van der Waals surface area contributed by atoms with Gasteiger partial charge in [-0.05, 0) is 83.5 Å². The van der Waals surface area contributed by atoms with Gasteiger partial charge in [0.15, 0.2) is 0 Å².